The smallest absolute Gasteiger partial charge is 0.240 e. The van der Waals surface area contributed by atoms with E-state index in [1.54, 1.807) is 11.3 Å². The first kappa shape index (κ1) is 17.5. The van der Waals surface area contributed by atoms with Gasteiger partial charge in [-0.15, -0.1) is 23.7 Å². The van der Waals surface area contributed by atoms with Crippen molar-refractivity contribution in [1.82, 2.24) is 10.6 Å². The van der Waals surface area contributed by atoms with Crippen molar-refractivity contribution in [3.63, 3.8) is 0 Å². The largest absolute Gasteiger partial charge is 0.354 e. The van der Waals surface area contributed by atoms with Gasteiger partial charge in [-0.1, -0.05) is 26.8 Å². The maximum Gasteiger partial charge on any atom is 0.240 e. The molecule has 2 rings (SSSR count). The molecule has 114 valence electrons. The first-order chi connectivity index (χ1) is 9.00. The summed E-state index contributed by atoms with van der Waals surface area (Å²) >= 11 is 1.75. The van der Waals surface area contributed by atoms with E-state index in [4.69, 9.17) is 0 Å². The van der Waals surface area contributed by atoms with Gasteiger partial charge in [-0.2, -0.15) is 0 Å². The van der Waals surface area contributed by atoms with Crippen molar-refractivity contribution in [2.75, 3.05) is 13.1 Å². The fraction of sp³-hybridized carbons (Fsp3) is 0.667. The Morgan fingerprint density at radius 3 is 2.80 bits per heavy atom. The lowest BCUT2D eigenvalue weighted by Crippen LogP contribution is -2.54. The minimum atomic E-state index is -0.328. The van der Waals surface area contributed by atoms with E-state index in [-0.39, 0.29) is 29.3 Å². The molecule has 1 aliphatic heterocycles. The van der Waals surface area contributed by atoms with E-state index in [1.165, 1.54) is 4.88 Å². The number of carbonyl (C=O) groups is 1. The Balaban J connectivity index is 0.00000200. The van der Waals surface area contributed by atoms with Crippen molar-refractivity contribution in [2.24, 2.45) is 0 Å². The highest BCUT2D eigenvalue weighted by molar-refractivity contribution is 7.10. The van der Waals surface area contributed by atoms with E-state index in [9.17, 15) is 4.79 Å². The van der Waals surface area contributed by atoms with Crippen molar-refractivity contribution < 1.29 is 4.79 Å². The summed E-state index contributed by atoms with van der Waals surface area (Å²) in [5.74, 6) is 0.164. The Kier molecular flexibility index (Phi) is 6.05. The van der Waals surface area contributed by atoms with Gasteiger partial charge in [0.15, 0.2) is 0 Å². The predicted molar refractivity (Wildman–Crippen MR) is 87.9 cm³/mol. The third kappa shape index (κ3) is 3.54. The van der Waals surface area contributed by atoms with Crippen molar-refractivity contribution >= 4 is 29.7 Å². The molecule has 3 nitrogen and oxygen atoms in total. The summed E-state index contributed by atoms with van der Waals surface area (Å²) in [6.45, 7) is 8.09. The van der Waals surface area contributed by atoms with Crippen LogP contribution in [0.15, 0.2) is 17.5 Å². The van der Waals surface area contributed by atoms with Crippen LogP contribution in [0.25, 0.3) is 0 Å². The van der Waals surface area contributed by atoms with Gasteiger partial charge in [0.1, 0.15) is 0 Å². The number of halogens is 1. The maximum atomic E-state index is 12.4. The Bertz CT molecular complexity index is 425. The fourth-order valence-electron chi connectivity index (χ4n) is 2.68. The number of rotatable bonds is 5. The molecule has 1 fully saturated rings. The molecule has 1 aromatic heterocycles. The van der Waals surface area contributed by atoms with Crippen LogP contribution in [0.4, 0.5) is 0 Å². The number of amides is 1. The zero-order chi connectivity index (χ0) is 13.9. The molecule has 1 amide bonds. The summed E-state index contributed by atoms with van der Waals surface area (Å²) in [4.78, 5) is 13.8. The summed E-state index contributed by atoms with van der Waals surface area (Å²) in [7, 11) is 0. The molecule has 0 aliphatic carbocycles. The molecule has 1 aromatic rings. The van der Waals surface area contributed by atoms with Crippen LogP contribution in [-0.4, -0.2) is 24.5 Å². The lowest BCUT2D eigenvalue weighted by atomic mass is 9.89. The second-order valence-electron chi connectivity index (χ2n) is 6.01. The fourth-order valence-corrected chi connectivity index (χ4v) is 3.54. The Labute approximate surface area is 131 Å². The van der Waals surface area contributed by atoms with Gasteiger partial charge >= 0.3 is 0 Å². The van der Waals surface area contributed by atoms with Crippen molar-refractivity contribution in [2.45, 2.75) is 51.0 Å². The molecule has 1 saturated heterocycles. The summed E-state index contributed by atoms with van der Waals surface area (Å²) in [6, 6.07) is 4.20. The molecular formula is C15H25ClN2OS. The molecule has 0 spiro atoms. The minimum absolute atomic E-state index is 0. The monoisotopic (exact) mass is 316 g/mol. The van der Waals surface area contributed by atoms with Crippen LogP contribution in [0.1, 0.15) is 44.9 Å². The molecule has 0 aromatic carbocycles. The van der Waals surface area contributed by atoms with Gasteiger partial charge < -0.3 is 10.6 Å². The van der Waals surface area contributed by atoms with Crippen molar-refractivity contribution in [1.29, 1.82) is 0 Å². The lowest BCUT2D eigenvalue weighted by molar-refractivity contribution is -0.127. The highest BCUT2D eigenvalue weighted by Crippen LogP contribution is 2.28. The van der Waals surface area contributed by atoms with Crippen LogP contribution in [0, 0.1) is 0 Å². The van der Waals surface area contributed by atoms with Crippen LogP contribution in [-0.2, 0) is 10.2 Å². The van der Waals surface area contributed by atoms with Gasteiger partial charge in [-0.25, -0.2) is 0 Å². The SMILES string of the molecule is CCC1(C(=O)NCC(C)(C)c2cccs2)CCCN1.Cl. The first-order valence-electron chi connectivity index (χ1n) is 7.07. The molecule has 2 heterocycles. The van der Waals surface area contributed by atoms with Gasteiger partial charge in [0.05, 0.1) is 5.54 Å². The van der Waals surface area contributed by atoms with Crippen molar-refractivity contribution in [3.05, 3.63) is 22.4 Å². The Hall–Kier alpha value is -0.580. The molecule has 1 aliphatic rings. The van der Waals surface area contributed by atoms with Crippen LogP contribution < -0.4 is 10.6 Å². The van der Waals surface area contributed by atoms with Crippen LogP contribution in [0.2, 0.25) is 0 Å². The van der Waals surface area contributed by atoms with E-state index in [1.807, 2.05) is 0 Å². The average molecular weight is 317 g/mol. The Morgan fingerprint density at radius 1 is 1.55 bits per heavy atom. The van der Waals surface area contributed by atoms with Crippen LogP contribution >= 0.6 is 23.7 Å². The normalized spacial score (nSPS) is 22.4. The molecule has 0 radical (unpaired) electrons. The molecule has 20 heavy (non-hydrogen) atoms. The molecular weight excluding hydrogens is 292 g/mol. The minimum Gasteiger partial charge on any atom is -0.354 e. The highest BCUT2D eigenvalue weighted by Gasteiger charge is 2.39. The Morgan fingerprint density at radius 2 is 2.30 bits per heavy atom. The summed E-state index contributed by atoms with van der Waals surface area (Å²) < 4.78 is 0. The first-order valence-corrected chi connectivity index (χ1v) is 7.95. The third-order valence-electron chi connectivity index (χ3n) is 4.16. The molecule has 1 atom stereocenters. The van der Waals surface area contributed by atoms with E-state index in [0.717, 1.165) is 25.8 Å². The third-order valence-corrected chi connectivity index (χ3v) is 5.40. The van der Waals surface area contributed by atoms with Crippen LogP contribution in [0.5, 0.6) is 0 Å². The lowest BCUT2D eigenvalue weighted by Gasteiger charge is -2.30. The molecule has 0 saturated carbocycles. The summed E-state index contributed by atoms with van der Waals surface area (Å²) in [6.07, 6.45) is 2.91. The van der Waals surface area contributed by atoms with Gasteiger partial charge in [-0.05, 0) is 37.3 Å². The standard InChI is InChI=1S/C15H24N2OS.ClH/c1-4-15(8-6-9-17-15)13(18)16-11-14(2,3)12-7-5-10-19-12;/h5,7,10,17H,4,6,8-9,11H2,1-3H3,(H,16,18);1H. The number of nitrogens with one attached hydrogen (secondary N) is 2. The molecule has 2 N–H and O–H groups in total. The van der Waals surface area contributed by atoms with Crippen LogP contribution in [0.3, 0.4) is 0 Å². The number of carbonyl (C=O) groups excluding carboxylic acids is 1. The van der Waals surface area contributed by atoms with E-state index in [2.05, 4.69) is 48.9 Å². The molecule has 5 heteroatoms. The van der Waals surface area contributed by atoms with Gasteiger partial charge in [0.2, 0.25) is 5.91 Å². The van der Waals surface area contributed by atoms with Gasteiger partial charge in [0.25, 0.3) is 0 Å². The molecule has 1 unspecified atom stereocenters. The number of thiophene rings is 1. The zero-order valence-electron chi connectivity index (χ0n) is 12.5. The van der Waals surface area contributed by atoms with Gasteiger partial charge in [-0.3, -0.25) is 4.79 Å². The number of hydrogen-bond donors (Lipinski definition) is 2. The molecule has 0 bridgehead atoms. The maximum absolute atomic E-state index is 12.4. The topological polar surface area (TPSA) is 41.1 Å². The second-order valence-corrected chi connectivity index (χ2v) is 6.96. The summed E-state index contributed by atoms with van der Waals surface area (Å²) in [5, 5.41) is 8.62. The van der Waals surface area contributed by atoms with E-state index < -0.39 is 0 Å². The predicted octanol–water partition coefficient (Wildman–Crippen LogP) is 3.10. The van der Waals surface area contributed by atoms with Crippen molar-refractivity contribution in [3.8, 4) is 0 Å². The number of hydrogen-bond acceptors (Lipinski definition) is 3. The zero-order valence-corrected chi connectivity index (χ0v) is 14.1. The second kappa shape index (κ2) is 6.92. The quantitative estimate of drug-likeness (QED) is 0.876. The summed E-state index contributed by atoms with van der Waals surface area (Å²) in [5.41, 5.74) is -0.330. The van der Waals surface area contributed by atoms with E-state index >= 15 is 0 Å². The van der Waals surface area contributed by atoms with E-state index in [0.29, 0.717) is 6.54 Å². The average Bonchev–Trinajstić information content (AvgIpc) is 3.07. The van der Waals surface area contributed by atoms with Gasteiger partial charge in [0, 0.05) is 16.8 Å². The highest BCUT2D eigenvalue weighted by atomic mass is 35.5.